The minimum atomic E-state index is -0.0448. The lowest BCUT2D eigenvalue weighted by atomic mass is 10.1. The van der Waals surface area contributed by atoms with E-state index in [1.807, 2.05) is 39.0 Å². The fourth-order valence-electron chi connectivity index (χ4n) is 1.98. The maximum Gasteiger partial charge on any atom is 0.251 e. The van der Waals surface area contributed by atoms with E-state index in [0.29, 0.717) is 12.1 Å². The van der Waals surface area contributed by atoms with E-state index in [4.69, 9.17) is 0 Å². The van der Waals surface area contributed by atoms with Crippen LogP contribution in [0.1, 0.15) is 32.7 Å². The van der Waals surface area contributed by atoms with E-state index in [9.17, 15) is 4.79 Å². The SMILES string of the molecule is CCNc1ccc(C(=O)NCc2cnc(C)s2)c(C)c1. The minimum Gasteiger partial charge on any atom is -0.385 e. The molecule has 0 fully saturated rings. The van der Waals surface area contributed by atoms with E-state index in [1.54, 1.807) is 17.5 Å². The van der Waals surface area contributed by atoms with Crippen molar-refractivity contribution >= 4 is 22.9 Å². The summed E-state index contributed by atoms with van der Waals surface area (Å²) < 4.78 is 0. The van der Waals surface area contributed by atoms with Gasteiger partial charge >= 0.3 is 0 Å². The van der Waals surface area contributed by atoms with Crippen LogP contribution in [-0.4, -0.2) is 17.4 Å². The molecule has 1 aromatic heterocycles. The lowest BCUT2D eigenvalue weighted by molar-refractivity contribution is 0.0950. The average Bonchev–Trinajstić information content (AvgIpc) is 2.82. The van der Waals surface area contributed by atoms with E-state index >= 15 is 0 Å². The third-order valence-corrected chi connectivity index (χ3v) is 3.86. The van der Waals surface area contributed by atoms with Gasteiger partial charge in [-0.15, -0.1) is 11.3 Å². The predicted molar refractivity (Wildman–Crippen MR) is 83.4 cm³/mol. The van der Waals surface area contributed by atoms with Crippen LogP contribution in [-0.2, 0) is 6.54 Å². The molecule has 2 N–H and O–H groups in total. The lowest BCUT2D eigenvalue weighted by Crippen LogP contribution is -2.23. The van der Waals surface area contributed by atoms with Gasteiger partial charge in [-0.25, -0.2) is 4.98 Å². The molecule has 0 radical (unpaired) electrons. The summed E-state index contributed by atoms with van der Waals surface area (Å²) in [5, 5.41) is 7.18. The highest BCUT2D eigenvalue weighted by molar-refractivity contribution is 7.11. The average molecular weight is 289 g/mol. The van der Waals surface area contributed by atoms with Gasteiger partial charge in [0.05, 0.1) is 11.6 Å². The number of carbonyl (C=O) groups is 1. The minimum absolute atomic E-state index is 0.0448. The van der Waals surface area contributed by atoms with Crippen molar-refractivity contribution in [3.8, 4) is 0 Å². The highest BCUT2D eigenvalue weighted by atomic mass is 32.1. The first-order valence-electron chi connectivity index (χ1n) is 6.64. The summed E-state index contributed by atoms with van der Waals surface area (Å²) in [6, 6.07) is 5.79. The Kier molecular flexibility index (Phi) is 4.74. The molecule has 1 heterocycles. The van der Waals surface area contributed by atoms with Crippen LogP contribution in [0.25, 0.3) is 0 Å². The van der Waals surface area contributed by atoms with Crippen molar-refractivity contribution in [2.45, 2.75) is 27.3 Å². The molecule has 0 aliphatic rings. The van der Waals surface area contributed by atoms with E-state index in [2.05, 4.69) is 15.6 Å². The zero-order chi connectivity index (χ0) is 14.5. The molecule has 5 heteroatoms. The van der Waals surface area contributed by atoms with Crippen LogP contribution in [0.5, 0.6) is 0 Å². The molecule has 0 atom stereocenters. The highest BCUT2D eigenvalue weighted by Crippen LogP contribution is 2.16. The molecule has 0 bridgehead atoms. The van der Waals surface area contributed by atoms with Crippen molar-refractivity contribution in [3.63, 3.8) is 0 Å². The van der Waals surface area contributed by atoms with Gasteiger partial charge in [-0.2, -0.15) is 0 Å². The van der Waals surface area contributed by atoms with Crippen LogP contribution in [0.3, 0.4) is 0 Å². The van der Waals surface area contributed by atoms with Gasteiger partial charge in [-0.1, -0.05) is 0 Å². The van der Waals surface area contributed by atoms with Crippen LogP contribution in [0, 0.1) is 13.8 Å². The highest BCUT2D eigenvalue weighted by Gasteiger charge is 2.09. The summed E-state index contributed by atoms with van der Waals surface area (Å²) in [6.45, 7) is 7.35. The Morgan fingerprint density at radius 3 is 2.75 bits per heavy atom. The Morgan fingerprint density at radius 2 is 2.15 bits per heavy atom. The number of hydrogen-bond acceptors (Lipinski definition) is 4. The van der Waals surface area contributed by atoms with Crippen LogP contribution in [0.15, 0.2) is 24.4 Å². The van der Waals surface area contributed by atoms with Crippen LogP contribution < -0.4 is 10.6 Å². The molecular weight excluding hydrogens is 270 g/mol. The fourth-order valence-corrected chi connectivity index (χ4v) is 2.72. The number of nitrogens with one attached hydrogen (secondary N) is 2. The number of anilines is 1. The Hall–Kier alpha value is -1.88. The number of benzene rings is 1. The number of rotatable bonds is 5. The Morgan fingerprint density at radius 1 is 1.35 bits per heavy atom. The van der Waals surface area contributed by atoms with E-state index in [-0.39, 0.29) is 5.91 Å². The Balaban J connectivity index is 2.01. The molecule has 0 saturated carbocycles. The van der Waals surface area contributed by atoms with Crippen molar-refractivity contribution < 1.29 is 4.79 Å². The van der Waals surface area contributed by atoms with Crippen LogP contribution >= 0.6 is 11.3 Å². The summed E-state index contributed by atoms with van der Waals surface area (Å²) in [5.74, 6) is -0.0448. The number of aromatic nitrogens is 1. The second-order valence-corrected chi connectivity index (χ2v) is 5.91. The molecule has 0 spiro atoms. The molecule has 2 aromatic rings. The van der Waals surface area contributed by atoms with Gasteiger partial charge < -0.3 is 10.6 Å². The molecule has 0 aliphatic carbocycles. The van der Waals surface area contributed by atoms with Crippen molar-refractivity contribution in [1.82, 2.24) is 10.3 Å². The molecule has 4 nitrogen and oxygen atoms in total. The van der Waals surface area contributed by atoms with Crippen molar-refractivity contribution in [1.29, 1.82) is 0 Å². The van der Waals surface area contributed by atoms with E-state index in [1.165, 1.54) is 0 Å². The normalized spacial score (nSPS) is 10.3. The van der Waals surface area contributed by atoms with Crippen LogP contribution in [0.2, 0.25) is 0 Å². The zero-order valence-electron chi connectivity index (χ0n) is 12.0. The molecule has 0 unspecified atom stereocenters. The monoisotopic (exact) mass is 289 g/mol. The third kappa shape index (κ3) is 3.57. The second-order valence-electron chi connectivity index (χ2n) is 4.59. The van der Waals surface area contributed by atoms with Crippen molar-refractivity contribution in [3.05, 3.63) is 45.4 Å². The number of aryl methyl sites for hydroxylation is 2. The first kappa shape index (κ1) is 14.5. The van der Waals surface area contributed by atoms with Crippen molar-refractivity contribution in [2.24, 2.45) is 0 Å². The zero-order valence-corrected chi connectivity index (χ0v) is 12.8. The number of thiazole rings is 1. The quantitative estimate of drug-likeness (QED) is 0.889. The first-order chi connectivity index (χ1) is 9.60. The van der Waals surface area contributed by atoms with Gasteiger partial charge in [-0.3, -0.25) is 4.79 Å². The number of carbonyl (C=O) groups excluding carboxylic acids is 1. The molecule has 2 rings (SSSR count). The number of amides is 1. The lowest BCUT2D eigenvalue weighted by Gasteiger charge is -2.09. The summed E-state index contributed by atoms with van der Waals surface area (Å²) >= 11 is 1.60. The molecule has 1 aromatic carbocycles. The van der Waals surface area contributed by atoms with Gasteiger partial charge in [0.25, 0.3) is 5.91 Å². The van der Waals surface area contributed by atoms with Gasteiger partial charge in [0, 0.05) is 28.9 Å². The molecular formula is C15H19N3OS. The summed E-state index contributed by atoms with van der Waals surface area (Å²) in [7, 11) is 0. The van der Waals surface area contributed by atoms with E-state index in [0.717, 1.165) is 27.7 Å². The number of nitrogens with zero attached hydrogens (tertiary/aromatic N) is 1. The van der Waals surface area contributed by atoms with Gasteiger partial charge in [0.2, 0.25) is 0 Å². The summed E-state index contributed by atoms with van der Waals surface area (Å²) in [6.07, 6.45) is 1.81. The van der Waals surface area contributed by atoms with Gasteiger partial charge in [-0.05, 0) is 44.5 Å². The largest absolute Gasteiger partial charge is 0.385 e. The Bertz CT molecular complexity index is 607. The predicted octanol–water partition coefficient (Wildman–Crippen LogP) is 3.12. The molecule has 20 heavy (non-hydrogen) atoms. The summed E-state index contributed by atoms with van der Waals surface area (Å²) in [4.78, 5) is 17.4. The maximum atomic E-state index is 12.2. The summed E-state index contributed by atoms with van der Waals surface area (Å²) in [5.41, 5.74) is 2.73. The topological polar surface area (TPSA) is 54.0 Å². The molecule has 106 valence electrons. The smallest absolute Gasteiger partial charge is 0.251 e. The maximum absolute atomic E-state index is 12.2. The first-order valence-corrected chi connectivity index (χ1v) is 7.46. The van der Waals surface area contributed by atoms with Gasteiger partial charge in [0.1, 0.15) is 0 Å². The van der Waals surface area contributed by atoms with Crippen molar-refractivity contribution in [2.75, 3.05) is 11.9 Å². The van der Waals surface area contributed by atoms with E-state index < -0.39 is 0 Å². The van der Waals surface area contributed by atoms with Crippen LogP contribution in [0.4, 0.5) is 5.69 Å². The number of hydrogen-bond donors (Lipinski definition) is 2. The Labute approximate surface area is 123 Å². The molecule has 1 amide bonds. The molecule has 0 aliphatic heterocycles. The second kappa shape index (κ2) is 6.52. The van der Waals surface area contributed by atoms with Gasteiger partial charge in [0.15, 0.2) is 0 Å². The molecule has 0 saturated heterocycles. The standard InChI is InChI=1S/C15H19N3OS/c1-4-16-12-5-6-14(10(2)7-12)15(19)18-9-13-8-17-11(3)20-13/h5-8,16H,4,9H2,1-3H3,(H,18,19). The third-order valence-electron chi connectivity index (χ3n) is 2.94. The fraction of sp³-hybridized carbons (Fsp3) is 0.333.